The van der Waals surface area contributed by atoms with Crippen LogP contribution in [0.15, 0.2) is 18.2 Å². The molecule has 3 atom stereocenters. The van der Waals surface area contributed by atoms with E-state index >= 15 is 0 Å². The average molecular weight is 394 g/mol. The van der Waals surface area contributed by atoms with Gasteiger partial charge < -0.3 is 9.47 Å². The molecule has 0 aliphatic heterocycles. The summed E-state index contributed by atoms with van der Waals surface area (Å²) in [5.41, 5.74) is 3.23. The van der Waals surface area contributed by atoms with E-state index in [0.717, 1.165) is 50.5 Å². The number of carbonyl (C=O) groups excluding carboxylic acids is 1. The number of ether oxygens (including phenoxy) is 2. The summed E-state index contributed by atoms with van der Waals surface area (Å²) in [4.78, 5) is 11.0. The predicted molar refractivity (Wildman–Crippen MR) is 112 cm³/mol. The highest BCUT2D eigenvalue weighted by Gasteiger charge is 2.51. The normalized spacial score (nSPS) is 27.6. The highest BCUT2D eigenvalue weighted by atomic mass is 16.6. The molecule has 3 rings (SSSR count). The number of nitriles is 1. The molecule has 1 fully saturated rings. The number of hydrogen-bond donors (Lipinski definition) is 0. The molecule has 0 N–H and O–H groups in total. The second-order valence-corrected chi connectivity index (χ2v) is 8.39. The Kier molecular flexibility index (Phi) is 6.66. The maximum atomic E-state index is 11.0. The van der Waals surface area contributed by atoms with Gasteiger partial charge >= 0.3 is 5.97 Å². The third-order valence-corrected chi connectivity index (χ3v) is 6.68. The highest BCUT2D eigenvalue weighted by molar-refractivity contribution is 5.65. The van der Waals surface area contributed by atoms with Gasteiger partial charge in [0.25, 0.3) is 0 Å². The summed E-state index contributed by atoms with van der Waals surface area (Å²) >= 11 is 0. The lowest BCUT2D eigenvalue weighted by atomic mass is 9.53. The molecule has 0 saturated heterocycles. The fraction of sp³-hybridized carbons (Fsp3) is 0.600. The van der Waals surface area contributed by atoms with Crippen LogP contribution in [0.5, 0.6) is 0 Å². The molecule has 154 valence electrons. The van der Waals surface area contributed by atoms with Crippen molar-refractivity contribution in [1.82, 2.24) is 0 Å². The Hall–Kier alpha value is -2.30. The van der Waals surface area contributed by atoms with E-state index in [1.807, 2.05) is 13.0 Å². The van der Waals surface area contributed by atoms with Gasteiger partial charge in [-0.25, -0.2) is 0 Å². The van der Waals surface area contributed by atoms with Gasteiger partial charge in [0.05, 0.1) is 18.2 Å². The fourth-order valence-corrected chi connectivity index (χ4v) is 5.58. The van der Waals surface area contributed by atoms with Gasteiger partial charge in [-0.05, 0) is 80.0 Å². The minimum absolute atomic E-state index is 0.147. The van der Waals surface area contributed by atoms with E-state index in [1.165, 1.54) is 18.1 Å². The topological polar surface area (TPSA) is 59.3 Å². The van der Waals surface area contributed by atoms with E-state index in [1.54, 1.807) is 0 Å². The van der Waals surface area contributed by atoms with Crippen LogP contribution >= 0.6 is 0 Å². The Balaban J connectivity index is 1.86. The van der Waals surface area contributed by atoms with Gasteiger partial charge in [-0.3, -0.25) is 4.79 Å². The third kappa shape index (κ3) is 4.34. The minimum Gasteiger partial charge on any atom is -0.463 e. The van der Waals surface area contributed by atoms with Crippen LogP contribution in [0, 0.1) is 29.1 Å². The van der Waals surface area contributed by atoms with Crippen molar-refractivity contribution in [2.75, 3.05) is 13.2 Å². The van der Waals surface area contributed by atoms with Crippen molar-refractivity contribution in [3.05, 3.63) is 34.9 Å². The molecule has 4 heteroatoms. The fourth-order valence-electron chi connectivity index (χ4n) is 5.58. The Labute approximate surface area is 174 Å². The first kappa shape index (κ1) is 21.4. The van der Waals surface area contributed by atoms with Gasteiger partial charge in [0, 0.05) is 6.92 Å². The molecule has 0 spiro atoms. The van der Waals surface area contributed by atoms with E-state index in [2.05, 4.69) is 37.0 Å². The largest absolute Gasteiger partial charge is 0.463 e. The zero-order chi connectivity index (χ0) is 20.9. The van der Waals surface area contributed by atoms with Crippen molar-refractivity contribution in [3.63, 3.8) is 0 Å². The molecule has 1 aromatic carbocycles. The average Bonchev–Trinajstić information content (AvgIpc) is 2.71. The summed E-state index contributed by atoms with van der Waals surface area (Å²) < 4.78 is 11.3. The first-order chi connectivity index (χ1) is 14.0. The van der Waals surface area contributed by atoms with E-state index < -0.39 is 5.60 Å². The van der Waals surface area contributed by atoms with Crippen LogP contribution in [-0.4, -0.2) is 24.8 Å². The molecule has 0 amide bonds. The van der Waals surface area contributed by atoms with Gasteiger partial charge in [-0.15, -0.1) is 5.92 Å². The number of rotatable bonds is 6. The summed E-state index contributed by atoms with van der Waals surface area (Å²) in [6.45, 7) is 6.19. The quantitative estimate of drug-likeness (QED) is 0.400. The van der Waals surface area contributed by atoms with Crippen LogP contribution in [0.1, 0.15) is 76.0 Å². The van der Waals surface area contributed by atoms with Crippen LogP contribution in [0.25, 0.3) is 0 Å². The van der Waals surface area contributed by atoms with E-state index in [-0.39, 0.29) is 18.0 Å². The molecule has 0 aromatic heterocycles. The highest BCUT2D eigenvalue weighted by Crippen LogP contribution is 2.55. The van der Waals surface area contributed by atoms with Crippen molar-refractivity contribution < 1.29 is 14.3 Å². The van der Waals surface area contributed by atoms with Crippen molar-refractivity contribution >= 4 is 5.97 Å². The second-order valence-electron chi connectivity index (χ2n) is 8.39. The first-order valence-electron chi connectivity index (χ1n) is 10.7. The van der Waals surface area contributed by atoms with Gasteiger partial charge in [0.2, 0.25) is 0 Å². The molecule has 1 aromatic rings. The molecule has 4 nitrogen and oxygen atoms in total. The molecule has 1 saturated carbocycles. The summed E-state index contributed by atoms with van der Waals surface area (Å²) in [7, 11) is 0. The number of benzene rings is 1. The number of fused-ring (bicyclic) bond motifs is 3. The molecule has 3 unspecified atom stereocenters. The minimum atomic E-state index is -0.457. The smallest absolute Gasteiger partial charge is 0.302 e. The summed E-state index contributed by atoms with van der Waals surface area (Å²) in [5.74, 6) is 6.67. The maximum Gasteiger partial charge on any atom is 0.302 e. The van der Waals surface area contributed by atoms with E-state index in [9.17, 15) is 10.1 Å². The predicted octanol–water partition coefficient (Wildman–Crippen LogP) is 4.68. The van der Waals surface area contributed by atoms with Gasteiger partial charge in [0.1, 0.15) is 12.2 Å². The molecule has 0 bridgehead atoms. The lowest BCUT2D eigenvalue weighted by molar-refractivity contribution is -0.145. The lowest BCUT2D eigenvalue weighted by Gasteiger charge is -2.53. The maximum absolute atomic E-state index is 11.0. The summed E-state index contributed by atoms with van der Waals surface area (Å²) in [5, 5.41) is 9.29. The number of hydrogen-bond acceptors (Lipinski definition) is 4. The molecular formula is C25H31NO3. The Bertz CT molecular complexity index is 859. The molecule has 29 heavy (non-hydrogen) atoms. The van der Waals surface area contributed by atoms with Crippen LogP contribution in [0.3, 0.4) is 0 Å². The zero-order valence-corrected chi connectivity index (χ0v) is 17.8. The molecular weight excluding hydrogens is 362 g/mol. The number of aryl methyl sites for hydroxylation is 1. The second kappa shape index (κ2) is 9.02. The molecule has 0 radical (unpaired) electrons. The Morgan fingerprint density at radius 3 is 2.83 bits per heavy atom. The summed E-state index contributed by atoms with van der Waals surface area (Å²) in [6, 6.07) is 8.55. The van der Waals surface area contributed by atoms with Crippen LogP contribution in [0.2, 0.25) is 0 Å². The lowest BCUT2D eigenvalue weighted by Crippen LogP contribution is -2.51. The number of carbonyl (C=O) groups is 1. The SMILES string of the molecule is CC#CC1(OCCOC(C)=O)CCC2(CCC)c3ccc(C#N)cc3CCC2C1. The van der Waals surface area contributed by atoms with Crippen molar-refractivity contribution in [2.45, 2.75) is 76.7 Å². The zero-order valence-electron chi connectivity index (χ0n) is 17.8. The standard InChI is InChI=1S/C25H31NO3/c1-4-10-24(29-15-14-28-19(3)27)12-13-25(11-5-2)22(17-24)8-7-21-16-20(18-26)6-9-23(21)25/h6,9,16,22H,5,7-8,11-15,17H2,1-3H3. The number of esters is 1. The van der Waals surface area contributed by atoms with Crippen molar-refractivity contribution in [2.24, 2.45) is 5.92 Å². The first-order valence-corrected chi connectivity index (χ1v) is 10.7. The van der Waals surface area contributed by atoms with Crippen molar-refractivity contribution in [1.29, 1.82) is 5.26 Å². The van der Waals surface area contributed by atoms with Gasteiger partial charge in [0.15, 0.2) is 0 Å². The Morgan fingerprint density at radius 1 is 1.31 bits per heavy atom. The van der Waals surface area contributed by atoms with Crippen molar-refractivity contribution in [3.8, 4) is 17.9 Å². The van der Waals surface area contributed by atoms with E-state index in [0.29, 0.717) is 12.5 Å². The Morgan fingerprint density at radius 2 is 2.14 bits per heavy atom. The van der Waals surface area contributed by atoms with Gasteiger partial charge in [-0.2, -0.15) is 5.26 Å². The number of nitrogens with zero attached hydrogens (tertiary/aromatic N) is 1. The monoisotopic (exact) mass is 393 g/mol. The van der Waals surface area contributed by atoms with Crippen LogP contribution in [-0.2, 0) is 26.1 Å². The van der Waals surface area contributed by atoms with E-state index in [4.69, 9.17) is 9.47 Å². The summed E-state index contributed by atoms with van der Waals surface area (Å²) in [6.07, 6.45) is 7.21. The molecule has 2 aliphatic carbocycles. The van der Waals surface area contributed by atoms with Crippen LogP contribution in [0.4, 0.5) is 0 Å². The molecule has 2 aliphatic rings. The third-order valence-electron chi connectivity index (χ3n) is 6.68. The van der Waals surface area contributed by atoms with Crippen LogP contribution < -0.4 is 0 Å². The molecule has 0 heterocycles. The van der Waals surface area contributed by atoms with Gasteiger partial charge in [-0.1, -0.05) is 25.3 Å².